The van der Waals surface area contributed by atoms with Crippen LogP contribution in [0.4, 0.5) is 10.3 Å². The third-order valence-corrected chi connectivity index (χ3v) is 3.01. The highest BCUT2D eigenvalue weighted by Gasteiger charge is 2.07. The van der Waals surface area contributed by atoms with Crippen molar-refractivity contribution in [3.8, 4) is 5.69 Å². The van der Waals surface area contributed by atoms with Crippen molar-refractivity contribution < 1.29 is 9.13 Å². The third kappa shape index (κ3) is 3.57. The van der Waals surface area contributed by atoms with Gasteiger partial charge in [0, 0.05) is 32.2 Å². The summed E-state index contributed by atoms with van der Waals surface area (Å²) in [6.07, 6.45) is 4.52. The van der Waals surface area contributed by atoms with Gasteiger partial charge in [-0.05, 0) is 44.0 Å². The summed E-state index contributed by atoms with van der Waals surface area (Å²) in [5, 5.41) is 3.27. The molecule has 5 heteroatoms. The van der Waals surface area contributed by atoms with E-state index < -0.39 is 0 Å². The van der Waals surface area contributed by atoms with Crippen LogP contribution < -0.4 is 5.32 Å². The van der Waals surface area contributed by atoms with Crippen LogP contribution >= 0.6 is 0 Å². The highest BCUT2D eigenvalue weighted by molar-refractivity contribution is 5.46. The van der Waals surface area contributed by atoms with Crippen LogP contribution in [0.5, 0.6) is 0 Å². The van der Waals surface area contributed by atoms with Gasteiger partial charge < -0.3 is 10.1 Å². The molecule has 0 aliphatic carbocycles. The molecule has 1 aromatic carbocycles. The van der Waals surface area contributed by atoms with Gasteiger partial charge in [-0.1, -0.05) is 0 Å². The largest absolute Gasteiger partial charge is 0.382 e. The SMILES string of the molecule is CCOCCCNc1nccn1-c1ccc(F)cc1C. The van der Waals surface area contributed by atoms with E-state index in [4.69, 9.17) is 4.74 Å². The Kier molecular flexibility index (Phi) is 5.12. The fraction of sp³-hybridized carbons (Fsp3) is 0.400. The monoisotopic (exact) mass is 277 g/mol. The Labute approximate surface area is 118 Å². The summed E-state index contributed by atoms with van der Waals surface area (Å²) in [5.41, 5.74) is 1.80. The summed E-state index contributed by atoms with van der Waals surface area (Å²) in [6, 6.07) is 4.74. The number of anilines is 1. The molecule has 1 aromatic heterocycles. The third-order valence-electron chi connectivity index (χ3n) is 3.01. The topological polar surface area (TPSA) is 39.1 Å². The smallest absolute Gasteiger partial charge is 0.207 e. The Morgan fingerprint density at radius 3 is 3.00 bits per heavy atom. The van der Waals surface area contributed by atoms with Gasteiger partial charge in [-0.15, -0.1) is 0 Å². The molecule has 0 spiro atoms. The molecule has 4 nitrogen and oxygen atoms in total. The maximum absolute atomic E-state index is 13.2. The van der Waals surface area contributed by atoms with Crippen molar-refractivity contribution >= 4 is 5.95 Å². The maximum atomic E-state index is 13.2. The predicted molar refractivity (Wildman–Crippen MR) is 77.9 cm³/mol. The molecule has 0 saturated heterocycles. The molecule has 0 radical (unpaired) electrons. The number of halogens is 1. The standard InChI is InChI=1S/C15H20FN3O/c1-3-20-10-4-7-17-15-18-8-9-19(15)14-6-5-13(16)11-12(14)2/h5-6,8-9,11H,3-4,7,10H2,1-2H3,(H,17,18). The van der Waals surface area contributed by atoms with Crippen LogP contribution in [0.2, 0.25) is 0 Å². The minimum absolute atomic E-state index is 0.224. The molecule has 0 fully saturated rings. The van der Waals surface area contributed by atoms with Crippen molar-refractivity contribution in [3.63, 3.8) is 0 Å². The quantitative estimate of drug-likeness (QED) is 0.790. The second-order valence-electron chi connectivity index (χ2n) is 4.53. The van der Waals surface area contributed by atoms with Crippen molar-refractivity contribution in [1.29, 1.82) is 0 Å². The number of hydrogen-bond donors (Lipinski definition) is 1. The number of nitrogens with one attached hydrogen (secondary N) is 1. The van der Waals surface area contributed by atoms with Gasteiger partial charge in [-0.3, -0.25) is 4.57 Å². The summed E-state index contributed by atoms with van der Waals surface area (Å²) in [7, 11) is 0. The number of imidazole rings is 1. The number of benzene rings is 1. The number of nitrogens with zero attached hydrogens (tertiary/aromatic N) is 2. The van der Waals surface area contributed by atoms with Crippen molar-refractivity contribution in [2.24, 2.45) is 0 Å². The summed E-state index contributed by atoms with van der Waals surface area (Å²) < 4.78 is 20.4. The van der Waals surface area contributed by atoms with E-state index in [1.165, 1.54) is 12.1 Å². The lowest BCUT2D eigenvalue weighted by Gasteiger charge is -2.12. The van der Waals surface area contributed by atoms with Gasteiger partial charge in [0.15, 0.2) is 0 Å². The average molecular weight is 277 g/mol. The number of rotatable bonds is 7. The second kappa shape index (κ2) is 7.05. The van der Waals surface area contributed by atoms with Crippen molar-refractivity contribution in [3.05, 3.63) is 42.0 Å². The van der Waals surface area contributed by atoms with Crippen LogP contribution in [0.1, 0.15) is 18.9 Å². The highest BCUT2D eigenvalue weighted by atomic mass is 19.1. The molecule has 0 saturated carbocycles. The normalized spacial score (nSPS) is 10.8. The van der Waals surface area contributed by atoms with Crippen LogP contribution in [0.15, 0.2) is 30.6 Å². The highest BCUT2D eigenvalue weighted by Crippen LogP contribution is 2.19. The van der Waals surface area contributed by atoms with E-state index >= 15 is 0 Å². The lowest BCUT2D eigenvalue weighted by Crippen LogP contribution is -2.10. The molecule has 108 valence electrons. The Balaban J connectivity index is 2.04. The number of ether oxygens (including phenoxy) is 1. The predicted octanol–water partition coefficient (Wildman–Crippen LogP) is 3.16. The molecule has 20 heavy (non-hydrogen) atoms. The van der Waals surface area contributed by atoms with Gasteiger partial charge in [0.25, 0.3) is 0 Å². The lowest BCUT2D eigenvalue weighted by molar-refractivity contribution is 0.147. The molecule has 2 rings (SSSR count). The Bertz CT molecular complexity index is 554. The van der Waals surface area contributed by atoms with Crippen molar-refractivity contribution in [2.45, 2.75) is 20.3 Å². The molecule has 0 bridgehead atoms. The summed E-state index contributed by atoms with van der Waals surface area (Å²) >= 11 is 0. The maximum Gasteiger partial charge on any atom is 0.207 e. The van der Waals surface area contributed by atoms with Crippen LogP contribution in [0.3, 0.4) is 0 Å². The minimum Gasteiger partial charge on any atom is -0.382 e. The fourth-order valence-electron chi connectivity index (χ4n) is 2.04. The zero-order chi connectivity index (χ0) is 14.4. The van der Waals surface area contributed by atoms with Crippen molar-refractivity contribution in [2.75, 3.05) is 25.1 Å². The van der Waals surface area contributed by atoms with Crippen LogP contribution in [-0.2, 0) is 4.74 Å². The average Bonchev–Trinajstić information content (AvgIpc) is 2.87. The van der Waals surface area contributed by atoms with Crippen LogP contribution in [0, 0.1) is 12.7 Å². The number of aromatic nitrogens is 2. The molecule has 0 atom stereocenters. The number of hydrogen-bond acceptors (Lipinski definition) is 3. The summed E-state index contributed by atoms with van der Waals surface area (Å²) in [5.74, 6) is 0.536. The Morgan fingerprint density at radius 1 is 1.40 bits per heavy atom. The minimum atomic E-state index is -0.224. The van der Waals surface area contributed by atoms with Crippen LogP contribution in [0.25, 0.3) is 5.69 Å². The Hall–Kier alpha value is -1.88. The van der Waals surface area contributed by atoms with Crippen LogP contribution in [-0.4, -0.2) is 29.3 Å². The molecule has 1 heterocycles. The van der Waals surface area contributed by atoms with Gasteiger partial charge in [0.1, 0.15) is 5.82 Å². The summed E-state index contributed by atoms with van der Waals surface area (Å²) in [6.45, 7) is 6.13. The van der Waals surface area contributed by atoms with Gasteiger partial charge in [-0.25, -0.2) is 9.37 Å². The lowest BCUT2D eigenvalue weighted by atomic mass is 10.2. The zero-order valence-corrected chi connectivity index (χ0v) is 11.9. The first kappa shape index (κ1) is 14.5. The van der Waals surface area contributed by atoms with Gasteiger partial charge in [-0.2, -0.15) is 0 Å². The van der Waals surface area contributed by atoms with Gasteiger partial charge in [0.2, 0.25) is 5.95 Å². The molecule has 1 N–H and O–H groups in total. The van der Waals surface area contributed by atoms with E-state index in [1.54, 1.807) is 12.3 Å². The fourth-order valence-corrected chi connectivity index (χ4v) is 2.04. The van der Waals surface area contributed by atoms with E-state index in [0.29, 0.717) is 0 Å². The molecular formula is C15H20FN3O. The van der Waals surface area contributed by atoms with E-state index in [0.717, 1.165) is 43.4 Å². The molecule has 0 amide bonds. The van der Waals surface area contributed by atoms with E-state index in [9.17, 15) is 4.39 Å². The van der Waals surface area contributed by atoms with E-state index in [-0.39, 0.29) is 5.82 Å². The number of aryl methyl sites for hydroxylation is 1. The summed E-state index contributed by atoms with van der Waals surface area (Å²) in [4.78, 5) is 4.29. The van der Waals surface area contributed by atoms with Gasteiger partial charge >= 0.3 is 0 Å². The first-order valence-electron chi connectivity index (χ1n) is 6.84. The van der Waals surface area contributed by atoms with Crippen molar-refractivity contribution in [1.82, 2.24) is 9.55 Å². The molecule has 0 aliphatic rings. The molecular weight excluding hydrogens is 257 g/mol. The Morgan fingerprint density at radius 2 is 2.25 bits per heavy atom. The van der Waals surface area contributed by atoms with E-state index in [1.807, 2.05) is 24.6 Å². The molecule has 0 aliphatic heterocycles. The first-order chi connectivity index (χ1) is 9.72. The second-order valence-corrected chi connectivity index (χ2v) is 4.53. The molecule has 2 aromatic rings. The zero-order valence-electron chi connectivity index (χ0n) is 11.9. The first-order valence-corrected chi connectivity index (χ1v) is 6.84. The van der Waals surface area contributed by atoms with E-state index in [2.05, 4.69) is 10.3 Å². The van der Waals surface area contributed by atoms with Gasteiger partial charge in [0.05, 0.1) is 5.69 Å². The molecule has 0 unspecified atom stereocenters.